The summed E-state index contributed by atoms with van der Waals surface area (Å²) in [4.78, 5) is 12.3. The Hall–Kier alpha value is -1.82. The Labute approximate surface area is 103 Å². The van der Waals surface area contributed by atoms with Crippen LogP contribution in [0.3, 0.4) is 0 Å². The van der Waals surface area contributed by atoms with Crippen LogP contribution in [0.15, 0.2) is 18.2 Å². The van der Waals surface area contributed by atoms with Crippen molar-refractivity contribution in [3.63, 3.8) is 0 Å². The third-order valence-corrected chi connectivity index (χ3v) is 2.99. The van der Waals surface area contributed by atoms with Gasteiger partial charge in [-0.05, 0) is 12.1 Å². The Balaban J connectivity index is 1.73. The van der Waals surface area contributed by atoms with Crippen molar-refractivity contribution in [1.29, 1.82) is 0 Å². The number of halogens is 1. The van der Waals surface area contributed by atoms with Crippen LogP contribution in [0.5, 0.6) is 11.5 Å². The average Bonchev–Trinajstić information content (AvgIpc) is 2.84. The summed E-state index contributed by atoms with van der Waals surface area (Å²) in [6, 6.07) is 4.50. The zero-order valence-electron chi connectivity index (χ0n) is 9.54. The molecule has 1 amide bonds. The second-order valence-corrected chi connectivity index (χ2v) is 4.18. The minimum absolute atomic E-state index is 0.106. The SMILES string of the molecule is O=CN1CCOC(C2Oc3cccc(F)c3O2)C1. The summed E-state index contributed by atoms with van der Waals surface area (Å²) >= 11 is 0. The van der Waals surface area contributed by atoms with E-state index in [1.54, 1.807) is 17.0 Å². The van der Waals surface area contributed by atoms with Gasteiger partial charge >= 0.3 is 0 Å². The zero-order valence-corrected chi connectivity index (χ0v) is 9.54. The molecular formula is C12H12FNO4. The molecule has 0 radical (unpaired) electrons. The predicted molar refractivity (Wildman–Crippen MR) is 58.8 cm³/mol. The van der Waals surface area contributed by atoms with Crippen molar-refractivity contribution < 1.29 is 23.4 Å². The number of rotatable bonds is 2. The summed E-state index contributed by atoms with van der Waals surface area (Å²) in [6.45, 7) is 1.35. The van der Waals surface area contributed by atoms with Gasteiger partial charge in [-0.25, -0.2) is 4.39 Å². The van der Waals surface area contributed by atoms with Crippen LogP contribution in [0.2, 0.25) is 0 Å². The Morgan fingerprint density at radius 1 is 1.39 bits per heavy atom. The standard InChI is InChI=1S/C12H12FNO4/c13-8-2-1-3-9-11(8)18-12(17-9)10-6-14(7-15)4-5-16-10/h1-3,7,10,12H,4-6H2. The van der Waals surface area contributed by atoms with Crippen molar-refractivity contribution in [2.24, 2.45) is 0 Å². The molecule has 5 nitrogen and oxygen atoms in total. The molecule has 2 aliphatic heterocycles. The summed E-state index contributed by atoms with van der Waals surface area (Å²) in [5.74, 6) is 0.0132. The van der Waals surface area contributed by atoms with Crippen LogP contribution < -0.4 is 9.47 Å². The summed E-state index contributed by atoms with van der Waals surface area (Å²) in [7, 11) is 0. The normalized spacial score (nSPS) is 26.2. The summed E-state index contributed by atoms with van der Waals surface area (Å²) in [5, 5.41) is 0. The monoisotopic (exact) mass is 253 g/mol. The van der Waals surface area contributed by atoms with Gasteiger partial charge in [-0.15, -0.1) is 0 Å². The maximum absolute atomic E-state index is 13.5. The number of hydrogen-bond acceptors (Lipinski definition) is 4. The van der Waals surface area contributed by atoms with E-state index in [1.807, 2.05) is 0 Å². The topological polar surface area (TPSA) is 48.0 Å². The molecule has 18 heavy (non-hydrogen) atoms. The lowest BCUT2D eigenvalue weighted by Gasteiger charge is -2.32. The molecule has 2 heterocycles. The molecule has 0 aromatic heterocycles. The van der Waals surface area contributed by atoms with Crippen LogP contribution in [-0.4, -0.2) is 43.4 Å². The maximum atomic E-state index is 13.5. The van der Waals surface area contributed by atoms with Crippen LogP contribution >= 0.6 is 0 Å². The van der Waals surface area contributed by atoms with E-state index in [0.29, 0.717) is 25.4 Å². The van der Waals surface area contributed by atoms with E-state index in [2.05, 4.69) is 0 Å². The fraction of sp³-hybridized carbons (Fsp3) is 0.417. The molecule has 0 bridgehead atoms. The number of para-hydroxylation sites is 1. The van der Waals surface area contributed by atoms with E-state index in [1.165, 1.54) is 6.07 Å². The summed E-state index contributed by atoms with van der Waals surface area (Å²) < 4.78 is 29.8. The molecule has 2 unspecified atom stereocenters. The van der Waals surface area contributed by atoms with Gasteiger partial charge in [0.05, 0.1) is 13.2 Å². The van der Waals surface area contributed by atoms with Crippen molar-refractivity contribution in [1.82, 2.24) is 4.90 Å². The number of morpholine rings is 1. The maximum Gasteiger partial charge on any atom is 0.269 e. The van der Waals surface area contributed by atoms with Gasteiger partial charge in [0, 0.05) is 6.54 Å². The molecule has 6 heteroatoms. The van der Waals surface area contributed by atoms with Crippen molar-refractivity contribution in [2.75, 3.05) is 19.7 Å². The van der Waals surface area contributed by atoms with Gasteiger partial charge in [0.1, 0.15) is 6.10 Å². The molecule has 1 fully saturated rings. The molecule has 3 rings (SSSR count). The van der Waals surface area contributed by atoms with Crippen molar-refractivity contribution in [3.05, 3.63) is 24.0 Å². The van der Waals surface area contributed by atoms with Gasteiger partial charge in [0.15, 0.2) is 11.6 Å². The van der Waals surface area contributed by atoms with Crippen LogP contribution in [0.1, 0.15) is 0 Å². The number of fused-ring (bicyclic) bond motifs is 1. The number of hydrogen-bond donors (Lipinski definition) is 0. The number of nitrogens with zero attached hydrogens (tertiary/aromatic N) is 1. The van der Waals surface area contributed by atoms with E-state index >= 15 is 0 Å². The zero-order chi connectivity index (χ0) is 12.5. The molecule has 1 aromatic rings. The second-order valence-electron chi connectivity index (χ2n) is 4.18. The lowest BCUT2D eigenvalue weighted by atomic mass is 10.3. The van der Waals surface area contributed by atoms with Gasteiger partial charge in [-0.3, -0.25) is 4.79 Å². The summed E-state index contributed by atoms with van der Waals surface area (Å²) in [6.07, 6.45) is -0.353. The Bertz CT molecular complexity index is 467. The highest BCUT2D eigenvalue weighted by Crippen LogP contribution is 2.38. The molecular weight excluding hydrogens is 241 g/mol. The first kappa shape index (κ1) is 11.3. The molecule has 0 aliphatic carbocycles. The first-order valence-corrected chi connectivity index (χ1v) is 5.70. The number of carbonyl (C=O) groups is 1. The van der Waals surface area contributed by atoms with E-state index in [9.17, 15) is 9.18 Å². The lowest BCUT2D eigenvalue weighted by molar-refractivity contribution is -0.144. The molecule has 0 saturated carbocycles. The van der Waals surface area contributed by atoms with Crippen LogP contribution in [0, 0.1) is 5.82 Å². The molecule has 1 saturated heterocycles. The van der Waals surface area contributed by atoms with Gasteiger partial charge < -0.3 is 19.1 Å². The highest BCUT2D eigenvalue weighted by molar-refractivity contribution is 5.47. The van der Waals surface area contributed by atoms with Crippen molar-refractivity contribution in [3.8, 4) is 11.5 Å². The van der Waals surface area contributed by atoms with Crippen LogP contribution in [-0.2, 0) is 9.53 Å². The van der Waals surface area contributed by atoms with Gasteiger partial charge in [0.2, 0.25) is 12.2 Å². The van der Waals surface area contributed by atoms with Crippen molar-refractivity contribution >= 4 is 6.41 Å². The second kappa shape index (κ2) is 4.45. The minimum atomic E-state index is -0.709. The third-order valence-electron chi connectivity index (χ3n) is 2.99. The largest absolute Gasteiger partial charge is 0.448 e. The van der Waals surface area contributed by atoms with Crippen LogP contribution in [0.25, 0.3) is 0 Å². The summed E-state index contributed by atoms with van der Waals surface area (Å²) in [5.41, 5.74) is 0. The van der Waals surface area contributed by atoms with E-state index in [0.717, 1.165) is 6.41 Å². The van der Waals surface area contributed by atoms with Gasteiger partial charge in [-0.1, -0.05) is 6.07 Å². The average molecular weight is 253 g/mol. The molecule has 96 valence electrons. The predicted octanol–water partition coefficient (Wildman–Crippen LogP) is 0.780. The first-order valence-electron chi connectivity index (χ1n) is 5.70. The lowest BCUT2D eigenvalue weighted by Crippen LogP contribution is -2.49. The Morgan fingerprint density at radius 3 is 3.06 bits per heavy atom. The highest BCUT2D eigenvalue weighted by atomic mass is 19.1. The Morgan fingerprint density at radius 2 is 2.28 bits per heavy atom. The Kier molecular flexibility index (Phi) is 2.79. The van der Waals surface area contributed by atoms with E-state index in [4.69, 9.17) is 14.2 Å². The third kappa shape index (κ3) is 1.88. The van der Waals surface area contributed by atoms with E-state index < -0.39 is 18.2 Å². The molecule has 2 aliphatic rings. The van der Waals surface area contributed by atoms with Gasteiger partial charge in [-0.2, -0.15) is 0 Å². The van der Waals surface area contributed by atoms with Gasteiger partial charge in [0.25, 0.3) is 6.29 Å². The first-order chi connectivity index (χ1) is 8.78. The molecule has 0 N–H and O–H groups in total. The molecule has 0 spiro atoms. The van der Waals surface area contributed by atoms with E-state index in [-0.39, 0.29) is 5.75 Å². The molecule has 2 atom stereocenters. The molecule has 1 aromatic carbocycles. The minimum Gasteiger partial charge on any atom is -0.448 e. The number of benzene rings is 1. The fourth-order valence-electron chi connectivity index (χ4n) is 2.07. The fourth-order valence-corrected chi connectivity index (χ4v) is 2.07. The number of amides is 1. The number of carbonyl (C=O) groups excluding carboxylic acids is 1. The van der Waals surface area contributed by atoms with Crippen LogP contribution in [0.4, 0.5) is 4.39 Å². The quantitative estimate of drug-likeness (QED) is 0.731. The number of ether oxygens (including phenoxy) is 3. The smallest absolute Gasteiger partial charge is 0.269 e. The highest BCUT2D eigenvalue weighted by Gasteiger charge is 2.37. The van der Waals surface area contributed by atoms with Crippen molar-refractivity contribution in [2.45, 2.75) is 12.4 Å².